The molecule has 0 bridgehead atoms. The Morgan fingerprint density at radius 1 is 1.25 bits per heavy atom. The van der Waals surface area contributed by atoms with Crippen LogP contribution in [0.15, 0.2) is 66.8 Å². The third kappa shape index (κ3) is 3.25. The number of para-hydroxylation sites is 1. The minimum atomic E-state index is -0.0478. The molecule has 0 fully saturated rings. The number of nitrogens with one attached hydrogen (secondary N) is 1. The minimum absolute atomic E-state index is 0.0478. The van der Waals surface area contributed by atoms with Crippen LogP contribution in [0.25, 0.3) is 6.08 Å². The van der Waals surface area contributed by atoms with Crippen molar-refractivity contribution in [2.75, 3.05) is 13.2 Å². The standard InChI is InChI=1S/C21H21NO2/c1-3-19(15-9-11-16(12-10-15)21(23)22-4-2)18-13-17-7-5-6-8-20(17)24-14-18/h3,5-13,19H,1,4,14H2,2H3,(H,22,23). The largest absolute Gasteiger partial charge is 0.489 e. The molecule has 24 heavy (non-hydrogen) atoms. The molecular formula is C21H21NO2. The number of ether oxygens (including phenoxy) is 1. The van der Waals surface area contributed by atoms with Crippen LogP contribution < -0.4 is 10.1 Å². The van der Waals surface area contributed by atoms with Crippen LogP contribution in [0, 0.1) is 0 Å². The Hall–Kier alpha value is -2.81. The Morgan fingerprint density at radius 2 is 2.00 bits per heavy atom. The molecule has 0 aliphatic carbocycles. The molecule has 3 heteroatoms. The molecule has 0 spiro atoms. The molecule has 0 saturated carbocycles. The van der Waals surface area contributed by atoms with Crippen molar-refractivity contribution in [3.63, 3.8) is 0 Å². The predicted octanol–water partition coefficient (Wildman–Crippen LogP) is 4.18. The summed E-state index contributed by atoms with van der Waals surface area (Å²) in [6.07, 6.45) is 4.09. The third-order valence-corrected chi connectivity index (χ3v) is 4.16. The maximum absolute atomic E-state index is 11.9. The second kappa shape index (κ2) is 7.18. The van der Waals surface area contributed by atoms with Crippen LogP contribution in [-0.2, 0) is 0 Å². The average Bonchev–Trinajstić information content (AvgIpc) is 2.63. The number of amides is 1. The highest BCUT2D eigenvalue weighted by Gasteiger charge is 2.19. The molecule has 0 radical (unpaired) electrons. The summed E-state index contributed by atoms with van der Waals surface area (Å²) in [6, 6.07) is 15.7. The van der Waals surface area contributed by atoms with Gasteiger partial charge in [-0.3, -0.25) is 4.79 Å². The number of hydrogen-bond acceptors (Lipinski definition) is 2. The Balaban J connectivity index is 1.86. The molecule has 1 amide bonds. The van der Waals surface area contributed by atoms with Crippen molar-refractivity contribution >= 4 is 12.0 Å². The van der Waals surface area contributed by atoms with Gasteiger partial charge in [-0.15, -0.1) is 6.58 Å². The molecule has 2 aromatic rings. The molecule has 1 aliphatic rings. The Morgan fingerprint density at radius 3 is 2.71 bits per heavy atom. The summed E-state index contributed by atoms with van der Waals surface area (Å²) >= 11 is 0. The maximum atomic E-state index is 11.9. The Kier molecular flexibility index (Phi) is 4.80. The van der Waals surface area contributed by atoms with E-state index in [4.69, 9.17) is 4.74 Å². The molecule has 1 atom stereocenters. The van der Waals surface area contributed by atoms with Gasteiger partial charge in [-0.2, -0.15) is 0 Å². The highest BCUT2D eigenvalue weighted by Crippen LogP contribution is 2.33. The SMILES string of the molecule is C=CC(C1=Cc2ccccc2OC1)c1ccc(C(=O)NCC)cc1. The molecule has 3 rings (SSSR count). The number of carbonyl (C=O) groups excluding carboxylic acids is 1. The van der Waals surface area contributed by atoms with E-state index >= 15 is 0 Å². The fourth-order valence-electron chi connectivity index (χ4n) is 2.92. The second-order valence-electron chi connectivity index (χ2n) is 5.74. The van der Waals surface area contributed by atoms with E-state index < -0.39 is 0 Å². The Bertz CT molecular complexity index is 775. The van der Waals surface area contributed by atoms with Crippen LogP contribution in [0.2, 0.25) is 0 Å². The van der Waals surface area contributed by atoms with E-state index in [1.807, 2.05) is 61.5 Å². The van der Waals surface area contributed by atoms with E-state index in [1.54, 1.807) is 0 Å². The van der Waals surface area contributed by atoms with Gasteiger partial charge in [0, 0.05) is 23.6 Å². The quantitative estimate of drug-likeness (QED) is 0.840. The molecular weight excluding hydrogens is 298 g/mol. The number of benzene rings is 2. The molecule has 1 aliphatic heterocycles. The molecule has 1 unspecified atom stereocenters. The van der Waals surface area contributed by atoms with Crippen molar-refractivity contribution in [1.29, 1.82) is 0 Å². The molecule has 2 aromatic carbocycles. The maximum Gasteiger partial charge on any atom is 0.251 e. The monoisotopic (exact) mass is 319 g/mol. The number of carbonyl (C=O) groups is 1. The molecule has 0 aromatic heterocycles. The summed E-state index contributed by atoms with van der Waals surface area (Å²) in [5.74, 6) is 0.936. The fraction of sp³-hybridized carbons (Fsp3) is 0.190. The van der Waals surface area contributed by atoms with Crippen molar-refractivity contribution in [2.45, 2.75) is 12.8 Å². The van der Waals surface area contributed by atoms with Crippen molar-refractivity contribution in [3.8, 4) is 5.75 Å². The van der Waals surface area contributed by atoms with Crippen molar-refractivity contribution < 1.29 is 9.53 Å². The summed E-state index contributed by atoms with van der Waals surface area (Å²) in [7, 11) is 0. The first kappa shape index (κ1) is 16.1. The number of allylic oxidation sites excluding steroid dienone is 1. The first-order valence-corrected chi connectivity index (χ1v) is 8.16. The van der Waals surface area contributed by atoms with E-state index in [-0.39, 0.29) is 11.8 Å². The average molecular weight is 319 g/mol. The lowest BCUT2D eigenvalue weighted by molar-refractivity contribution is 0.0956. The first-order valence-electron chi connectivity index (χ1n) is 8.16. The molecule has 0 saturated heterocycles. The number of fused-ring (bicyclic) bond motifs is 1. The molecule has 3 nitrogen and oxygen atoms in total. The third-order valence-electron chi connectivity index (χ3n) is 4.16. The van der Waals surface area contributed by atoms with Crippen molar-refractivity contribution in [2.24, 2.45) is 0 Å². The van der Waals surface area contributed by atoms with Gasteiger partial charge in [0.1, 0.15) is 12.4 Å². The van der Waals surface area contributed by atoms with Crippen molar-refractivity contribution in [1.82, 2.24) is 5.32 Å². The van der Waals surface area contributed by atoms with E-state index in [2.05, 4.69) is 18.0 Å². The molecule has 1 N–H and O–H groups in total. The van der Waals surface area contributed by atoms with Crippen molar-refractivity contribution in [3.05, 3.63) is 83.4 Å². The summed E-state index contributed by atoms with van der Waals surface area (Å²) in [5, 5.41) is 2.81. The summed E-state index contributed by atoms with van der Waals surface area (Å²) in [4.78, 5) is 11.9. The number of rotatable bonds is 5. The first-order chi connectivity index (χ1) is 11.7. The lowest BCUT2D eigenvalue weighted by Gasteiger charge is -2.23. The minimum Gasteiger partial charge on any atom is -0.489 e. The van der Waals surface area contributed by atoms with Crippen LogP contribution >= 0.6 is 0 Å². The van der Waals surface area contributed by atoms with Crippen LogP contribution in [0.3, 0.4) is 0 Å². The zero-order valence-electron chi connectivity index (χ0n) is 13.8. The van der Waals surface area contributed by atoms with Crippen LogP contribution in [0.1, 0.15) is 34.3 Å². The van der Waals surface area contributed by atoms with E-state index in [1.165, 1.54) is 0 Å². The van der Waals surface area contributed by atoms with Crippen LogP contribution in [-0.4, -0.2) is 19.1 Å². The van der Waals surface area contributed by atoms with Gasteiger partial charge in [0.05, 0.1) is 0 Å². The lowest BCUT2D eigenvalue weighted by Crippen LogP contribution is -2.22. The van der Waals surface area contributed by atoms with Gasteiger partial charge in [-0.05, 0) is 42.3 Å². The fourth-order valence-corrected chi connectivity index (χ4v) is 2.92. The van der Waals surface area contributed by atoms with E-state index in [0.29, 0.717) is 18.7 Å². The van der Waals surface area contributed by atoms with Gasteiger partial charge in [0.15, 0.2) is 0 Å². The van der Waals surface area contributed by atoms with E-state index in [9.17, 15) is 4.79 Å². The van der Waals surface area contributed by atoms with Gasteiger partial charge in [-0.25, -0.2) is 0 Å². The zero-order chi connectivity index (χ0) is 16.9. The smallest absolute Gasteiger partial charge is 0.251 e. The highest BCUT2D eigenvalue weighted by atomic mass is 16.5. The molecule has 122 valence electrons. The number of hydrogen-bond donors (Lipinski definition) is 1. The second-order valence-corrected chi connectivity index (χ2v) is 5.74. The highest BCUT2D eigenvalue weighted by molar-refractivity contribution is 5.94. The predicted molar refractivity (Wildman–Crippen MR) is 97.3 cm³/mol. The van der Waals surface area contributed by atoms with Gasteiger partial charge in [0.25, 0.3) is 5.91 Å². The normalized spacial score (nSPS) is 14.0. The summed E-state index contributed by atoms with van der Waals surface area (Å²) in [5.41, 5.74) is 4.02. The summed E-state index contributed by atoms with van der Waals surface area (Å²) < 4.78 is 5.85. The summed E-state index contributed by atoms with van der Waals surface area (Å²) in [6.45, 7) is 7.06. The van der Waals surface area contributed by atoms with Crippen LogP contribution in [0.4, 0.5) is 0 Å². The topological polar surface area (TPSA) is 38.3 Å². The van der Waals surface area contributed by atoms with Gasteiger partial charge >= 0.3 is 0 Å². The molecule has 1 heterocycles. The Labute approximate surface area is 142 Å². The van der Waals surface area contributed by atoms with Gasteiger partial charge in [-0.1, -0.05) is 36.4 Å². The van der Waals surface area contributed by atoms with Crippen LogP contribution in [0.5, 0.6) is 5.75 Å². The van der Waals surface area contributed by atoms with Gasteiger partial charge < -0.3 is 10.1 Å². The van der Waals surface area contributed by atoms with E-state index in [0.717, 1.165) is 22.4 Å². The zero-order valence-corrected chi connectivity index (χ0v) is 13.8. The van der Waals surface area contributed by atoms with Gasteiger partial charge in [0.2, 0.25) is 0 Å². The lowest BCUT2D eigenvalue weighted by atomic mass is 9.88.